The Balaban J connectivity index is 1.78. The van der Waals surface area contributed by atoms with Crippen LogP contribution in [0.1, 0.15) is 36.0 Å². The average Bonchev–Trinajstić information content (AvgIpc) is 2.76. The van der Waals surface area contributed by atoms with Crippen molar-refractivity contribution in [1.82, 2.24) is 0 Å². The second-order valence-corrected chi connectivity index (χ2v) is 6.95. The van der Waals surface area contributed by atoms with E-state index in [0.29, 0.717) is 6.42 Å². The molecule has 3 heteroatoms. The van der Waals surface area contributed by atoms with Crippen LogP contribution in [0.2, 0.25) is 0 Å². The molecule has 0 aromatic heterocycles. The predicted molar refractivity (Wildman–Crippen MR) is 125 cm³/mol. The molecule has 29 heavy (non-hydrogen) atoms. The lowest BCUT2D eigenvalue weighted by Crippen LogP contribution is -2.04. The van der Waals surface area contributed by atoms with E-state index in [0.717, 1.165) is 34.0 Å². The van der Waals surface area contributed by atoms with E-state index in [4.69, 9.17) is 4.74 Å². The molecule has 0 bridgehead atoms. The smallest absolute Gasteiger partial charge is 0.306 e. The number of hydrogen-bond donors (Lipinski definition) is 0. The highest BCUT2D eigenvalue weighted by Gasteiger charge is 2.02. The number of hydrogen-bond acceptors (Lipinski definition) is 2. The van der Waals surface area contributed by atoms with Gasteiger partial charge in [0.2, 0.25) is 0 Å². The summed E-state index contributed by atoms with van der Waals surface area (Å²) in [6.45, 7) is 0.288. The van der Waals surface area contributed by atoms with Crippen molar-refractivity contribution in [2.75, 3.05) is 4.43 Å². The minimum absolute atomic E-state index is 0.149. The normalized spacial score (nSPS) is 8.59. The third kappa shape index (κ3) is 10.1. The second kappa shape index (κ2) is 14.0. The van der Waals surface area contributed by atoms with Crippen molar-refractivity contribution in [1.29, 1.82) is 0 Å². The van der Waals surface area contributed by atoms with Gasteiger partial charge in [-0.25, -0.2) is 0 Å². The van der Waals surface area contributed by atoms with Gasteiger partial charge in [0.15, 0.2) is 0 Å². The van der Waals surface area contributed by atoms with E-state index >= 15 is 0 Å². The Morgan fingerprint density at radius 2 is 1.34 bits per heavy atom. The third-order valence-electron chi connectivity index (χ3n) is 3.62. The van der Waals surface area contributed by atoms with E-state index in [9.17, 15) is 4.79 Å². The quantitative estimate of drug-likeness (QED) is 0.192. The van der Waals surface area contributed by atoms with Crippen molar-refractivity contribution in [3.05, 3.63) is 71.3 Å². The van der Waals surface area contributed by atoms with Crippen LogP contribution in [0.5, 0.6) is 0 Å². The highest BCUT2D eigenvalue weighted by Crippen LogP contribution is 2.07. The number of esters is 1. The molecule has 0 aliphatic rings. The number of halogens is 1. The summed E-state index contributed by atoms with van der Waals surface area (Å²) in [6.07, 6.45) is 2.39. The van der Waals surface area contributed by atoms with Crippen molar-refractivity contribution in [3.63, 3.8) is 0 Å². The Morgan fingerprint density at radius 3 is 1.97 bits per heavy atom. The van der Waals surface area contributed by atoms with Crippen molar-refractivity contribution < 1.29 is 9.53 Å². The van der Waals surface area contributed by atoms with E-state index in [1.807, 2.05) is 54.6 Å². The zero-order valence-electron chi connectivity index (χ0n) is 15.9. The Hall–Kier alpha value is -3.12. The maximum Gasteiger partial charge on any atom is 0.306 e. The fraction of sp³-hybridized carbons (Fsp3) is 0.192. The molecule has 0 saturated carbocycles. The van der Waals surface area contributed by atoms with Crippen LogP contribution in [-0.2, 0) is 16.1 Å². The van der Waals surface area contributed by atoms with Gasteiger partial charge in [-0.2, -0.15) is 0 Å². The molecular weight excluding hydrogens is 471 g/mol. The van der Waals surface area contributed by atoms with Gasteiger partial charge in [-0.05, 0) is 82.6 Å². The lowest BCUT2D eigenvalue weighted by atomic mass is 10.1. The fourth-order valence-electron chi connectivity index (χ4n) is 2.14. The standard InChI is InChI=1S/C26H19IO2/c27-21-11-10-16-26(28)29-22-25-19-17-24(18-20-25)15-7-4-2-1-3-6-12-23-13-8-5-9-14-23/h5,8-9,13-14,17-20H,10-11,16,21-22H2. The summed E-state index contributed by atoms with van der Waals surface area (Å²) in [5.74, 6) is 21.9. The number of rotatable bonds is 6. The molecule has 142 valence electrons. The number of carbonyl (C=O) groups is 1. The average molecular weight is 490 g/mol. The maximum absolute atomic E-state index is 11.6. The monoisotopic (exact) mass is 490 g/mol. The van der Waals surface area contributed by atoms with Crippen LogP contribution >= 0.6 is 22.6 Å². The summed E-state index contributed by atoms with van der Waals surface area (Å²) in [6, 6.07) is 17.2. The summed E-state index contributed by atoms with van der Waals surface area (Å²) < 4.78 is 6.32. The number of benzene rings is 2. The van der Waals surface area contributed by atoms with Crippen LogP contribution in [0.4, 0.5) is 0 Å². The molecule has 0 fully saturated rings. The molecule has 2 nitrogen and oxygen atoms in total. The summed E-state index contributed by atoms with van der Waals surface area (Å²) >= 11 is 2.31. The highest BCUT2D eigenvalue weighted by atomic mass is 127. The zero-order valence-corrected chi connectivity index (χ0v) is 18.1. The SMILES string of the molecule is O=C(CCCCI)OCc1ccc(C#CC#CC#CC#Cc2ccccc2)cc1. The van der Waals surface area contributed by atoms with Gasteiger partial charge in [0.1, 0.15) is 6.61 Å². The van der Waals surface area contributed by atoms with Gasteiger partial charge < -0.3 is 4.74 Å². The molecule has 0 aliphatic carbocycles. The van der Waals surface area contributed by atoms with Crippen molar-refractivity contribution in [2.45, 2.75) is 25.9 Å². The van der Waals surface area contributed by atoms with E-state index in [1.165, 1.54) is 0 Å². The first-order valence-corrected chi connectivity index (χ1v) is 10.7. The van der Waals surface area contributed by atoms with E-state index in [-0.39, 0.29) is 12.6 Å². The summed E-state index contributed by atoms with van der Waals surface area (Å²) in [7, 11) is 0. The Labute approximate surface area is 186 Å². The molecule has 2 rings (SSSR count). The molecule has 2 aromatic rings. The van der Waals surface area contributed by atoms with E-state index in [2.05, 4.69) is 70.0 Å². The minimum atomic E-state index is -0.149. The maximum atomic E-state index is 11.6. The van der Waals surface area contributed by atoms with E-state index in [1.54, 1.807) is 0 Å². The van der Waals surface area contributed by atoms with Crippen molar-refractivity contribution in [2.24, 2.45) is 0 Å². The Kier molecular flexibility index (Phi) is 10.7. The predicted octanol–water partition coefficient (Wildman–Crippen LogP) is 4.75. The molecule has 0 atom stereocenters. The molecule has 0 N–H and O–H groups in total. The van der Waals surface area contributed by atoms with Gasteiger partial charge in [0.25, 0.3) is 0 Å². The molecule has 0 aliphatic heterocycles. The van der Waals surface area contributed by atoms with Gasteiger partial charge in [-0.1, -0.05) is 64.8 Å². The van der Waals surface area contributed by atoms with Crippen molar-refractivity contribution in [3.8, 4) is 47.4 Å². The van der Waals surface area contributed by atoms with Gasteiger partial charge in [0, 0.05) is 17.5 Å². The number of alkyl halides is 1. The number of carbonyl (C=O) groups excluding carboxylic acids is 1. The summed E-state index contributed by atoms with van der Waals surface area (Å²) in [5, 5.41) is 0. The third-order valence-corrected chi connectivity index (χ3v) is 4.38. The Morgan fingerprint density at radius 1 is 0.759 bits per heavy atom. The Bertz CT molecular complexity index is 1040. The van der Waals surface area contributed by atoms with Crippen LogP contribution in [0.15, 0.2) is 54.6 Å². The molecule has 0 spiro atoms. The lowest BCUT2D eigenvalue weighted by Gasteiger charge is -2.04. The molecule has 0 saturated heterocycles. The van der Waals surface area contributed by atoms with Crippen LogP contribution < -0.4 is 0 Å². The topological polar surface area (TPSA) is 26.3 Å². The first kappa shape index (κ1) is 22.2. The number of ether oxygens (including phenoxy) is 1. The summed E-state index contributed by atoms with van der Waals surface area (Å²) in [5.41, 5.74) is 2.70. The lowest BCUT2D eigenvalue weighted by molar-refractivity contribution is -0.145. The highest BCUT2D eigenvalue weighted by molar-refractivity contribution is 14.1. The molecule has 0 radical (unpaired) electrons. The van der Waals surface area contributed by atoms with Gasteiger partial charge in [-0.3, -0.25) is 4.79 Å². The van der Waals surface area contributed by atoms with Crippen LogP contribution in [0, 0.1) is 47.4 Å². The molecule has 0 unspecified atom stereocenters. The van der Waals surface area contributed by atoms with Crippen LogP contribution in [-0.4, -0.2) is 10.4 Å². The number of unbranched alkanes of at least 4 members (excludes halogenated alkanes) is 1. The molecule has 0 heterocycles. The van der Waals surface area contributed by atoms with Gasteiger partial charge in [0.05, 0.1) is 0 Å². The van der Waals surface area contributed by atoms with E-state index < -0.39 is 0 Å². The molecular formula is C26H19IO2. The first-order chi connectivity index (χ1) is 14.3. The van der Waals surface area contributed by atoms with Gasteiger partial charge in [-0.15, -0.1) is 0 Å². The fourth-order valence-corrected chi connectivity index (χ4v) is 2.68. The van der Waals surface area contributed by atoms with Crippen molar-refractivity contribution >= 4 is 28.6 Å². The zero-order chi connectivity index (χ0) is 20.6. The largest absolute Gasteiger partial charge is 0.461 e. The minimum Gasteiger partial charge on any atom is -0.461 e. The van der Waals surface area contributed by atoms with Crippen LogP contribution in [0.25, 0.3) is 0 Å². The van der Waals surface area contributed by atoms with Crippen LogP contribution in [0.3, 0.4) is 0 Å². The first-order valence-electron chi connectivity index (χ1n) is 9.15. The second-order valence-electron chi connectivity index (χ2n) is 5.87. The summed E-state index contributed by atoms with van der Waals surface area (Å²) in [4.78, 5) is 11.6. The molecule has 2 aromatic carbocycles. The molecule has 0 amide bonds. The van der Waals surface area contributed by atoms with Gasteiger partial charge >= 0.3 is 5.97 Å².